The van der Waals surface area contributed by atoms with Gasteiger partial charge in [0.2, 0.25) is 5.91 Å². The number of nitrogens with one attached hydrogen (secondary N) is 1. The van der Waals surface area contributed by atoms with Crippen LogP contribution in [0.3, 0.4) is 0 Å². The standard InChI is InChI=1S/C15H18N2O2S/c1-10(2)11-4-5-12(13(8-11)19-3)9-14(18)17-15-16-6-7-20-15/h4-8,10H,9H2,1-3H3,(H,16,17,18). The van der Waals surface area contributed by atoms with Crippen molar-refractivity contribution >= 4 is 22.4 Å². The van der Waals surface area contributed by atoms with Crippen molar-refractivity contribution in [2.45, 2.75) is 26.2 Å². The van der Waals surface area contributed by atoms with Gasteiger partial charge in [0.1, 0.15) is 5.75 Å². The quantitative estimate of drug-likeness (QED) is 0.917. The summed E-state index contributed by atoms with van der Waals surface area (Å²) < 4.78 is 5.38. The molecule has 0 aliphatic heterocycles. The molecule has 0 saturated carbocycles. The molecule has 1 aromatic carbocycles. The van der Waals surface area contributed by atoms with Gasteiger partial charge in [-0.05, 0) is 17.5 Å². The maximum absolute atomic E-state index is 12.0. The Labute approximate surface area is 122 Å². The Bertz CT molecular complexity index is 580. The maximum atomic E-state index is 12.0. The normalized spacial score (nSPS) is 10.6. The van der Waals surface area contributed by atoms with Crippen LogP contribution in [0.15, 0.2) is 29.8 Å². The van der Waals surface area contributed by atoms with Crippen molar-refractivity contribution in [3.63, 3.8) is 0 Å². The summed E-state index contributed by atoms with van der Waals surface area (Å²) in [5, 5.41) is 5.22. The Balaban J connectivity index is 2.10. The number of aromatic nitrogens is 1. The predicted octanol–water partition coefficient (Wildman–Crippen LogP) is 3.46. The molecule has 0 fully saturated rings. The summed E-state index contributed by atoms with van der Waals surface area (Å²) >= 11 is 1.40. The molecule has 0 radical (unpaired) electrons. The molecule has 1 amide bonds. The average molecular weight is 290 g/mol. The number of hydrogen-bond donors (Lipinski definition) is 1. The number of ether oxygens (including phenoxy) is 1. The summed E-state index contributed by atoms with van der Waals surface area (Å²) in [5.74, 6) is 1.10. The van der Waals surface area contributed by atoms with E-state index in [-0.39, 0.29) is 12.3 Å². The molecule has 2 aromatic rings. The van der Waals surface area contributed by atoms with Crippen molar-refractivity contribution < 1.29 is 9.53 Å². The van der Waals surface area contributed by atoms with Gasteiger partial charge >= 0.3 is 0 Å². The van der Waals surface area contributed by atoms with E-state index >= 15 is 0 Å². The minimum atomic E-state index is -0.0875. The van der Waals surface area contributed by atoms with Gasteiger partial charge in [0.15, 0.2) is 5.13 Å². The third-order valence-corrected chi connectivity index (χ3v) is 3.70. The van der Waals surface area contributed by atoms with Crippen LogP contribution in [-0.4, -0.2) is 18.0 Å². The summed E-state index contributed by atoms with van der Waals surface area (Å²) in [4.78, 5) is 16.0. The molecule has 1 aromatic heterocycles. The molecular weight excluding hydrogens is 272 g/mol. The van der Waals surface area contributed by atoms with E-state index in [0.717, 1.165) is 11.3 Å². The highest BCUT2D eigenvalue weighted by Gasteiger charge is 2.11. The Kier molecular flexibility index (Phi) is 4.74. The fourth-order valence-corrected chi connectivity index (χ4v) is 2.43. The summed E-state index contributed by atoms with van der Waals surface area (Å²) in [7, 11) is 1.63. The molecular formula is C15H18N2O2S. The van der Waals surface area contributed by atoms with Crippen LogP contribution in [0, 0.1) is 0 Å². The number of carbonyl (C=O) groups excluding carboxylic acids is 1. The van der Waals surface area contributed by atoms with Gasteiger partial charge in [-0.25, -0.2) is 4.98 Å². The lowest BCUT2D eigenvalue weighted by atomic mass is 9.99. The molecule has 0 aliphatic rings. The van der Waals surface area contributed by atoms with Gasteiger partial charge in [-0.3, -0.25) is 4.79 Å². The minimum absolute atomic E-state index is 0.0875. The first kappa shape index (κ1) is 14.5. The first-order chi connectivity index (χ1) is 9.60. The lowest BCUT2D eigenvalue weighted by Crippen LogP contribution is -2.14. The van der Waals surface area contributed by atoms with Gasteiger partial charge in [-0.2, -0.15) is 0 Å². The molecule has 106 valence electrons. The van der Waals surface area contributed by atoms with E-state index in [0.29, 0.717) is 11.0 Å². The molecule has 4 nitrogen and oxygen atoms in total. The van der Waals surface area contributed by atoms with Gasteiger partial charge in [0.25, 0.3) is 0 Å². The molecule has 0 bridgehead atoms. The van der Waals surface area contributed by atoms with Gasteiger partial charge in [-0.1, -0.05) is 26.0 Å². The molecule has 1 heterocycles. The summed E-state index contributed by atoms with van der Waals surface area (Å²) in [6.45, 7) is 4.26. The second-order valence-corrected chi connectivity index (χ2v) is 5.68. The number of benzene rings is 1. The zero-order valence-electron chi connectivity index (χ0n) is 11.8. The third kappa shape index (κ3) is 3.57. The Hall–Kier alpha value is -1.88. The number of nitrogens with zero attached hydrogens (tertiary/aromatic N) is 1. The lowest BCUT2D eigenvalue weighted by molar-refractivity contribution is -0.115. The molecule has 0 spiro atoms. The fraction of sp³-hybridized carbons (Fsp3) is 0.333. The van der Waals surface area contributed by atoms with Crippen molar-refractivity contribution in [2.75, 3.05) is 12.4 Å². The zero-order valence-corrected chi connectivity index (χ0v) is 12.7. The van der Waals surface area contributed by atoms with Crippen molar-refractivity contribution in [1.82, 2.24) is 4.98 Å². The minimum Gasteiger partial charge on any atom is -0.496 e. The lowest BCUT2D eigenvalue weighted by Gasteiger charge is -2.12. The van der Waals surface area contributed by atoms with Crippen LogP contribution in [0.1, 0.15) is 30.9 Å². The molecule has 0 atom stereocenters. The highest BCUT2D eigenvalue weighted by atomic mass is 32.1. The van der Waals surface area contributed by atoms with Gasteiger partial charge in [0, 0.05) is 17.1 Å². The molecule has 2 rings (SSSR count). The van der Waals surface area contributed by atoms with E-state index in [4.69, 9.17) is 4.74 Å². The van der Waals surface area contributed by atoms with E-state index in [1.54, 1.807) is 13.3 Å². The van der Waals surface area contributed by atoms with Crippen molar-refractivity contribution in [3.05, 3.63) is 40.9 Å². The van der Waals surface area contributed by atoms with E-state index in [2.05, 4.69) is 24.1 Å². The number of hydrogen-bond acceptors (Lipinski definition) is 4. The number of anilines is 1. The van der Waals surface area contributed by atoms with E-state index < -0.39 is 0 Å². The molecule has 0 saturated heterocycles. The number of thiazole rings is 1. The molecule has 0 aliphatic carbocycles. The number of carbonyl (C=O) groups is 1. The highest BCUT2D eigenvalue weighted by molar-refractivity contribution is 7.13. The summed E-state index contributed by atoms with van der Waals surface area (Å²) in [5.41, 5.74) is 2.08. The predicted molar refractivity (Wildman–Crippen MR) is 81.5 cm³/mol. The Morgan fingerprint density at radius 3 is 2.85 bits per heavy atom. The topological polar surface area (TPSA) is 51.2 Å². The summed E-state index contributed by atoms with van der Waals surface area (Å²) in [6.07, 6.45) is 1.94. The third-order valence-electron chi connectivity index (χ3n) is 3.01. The largest absolute Gasteiger partial charge is 0.496 e. The Morgan fingerprint density at radius 2 is 2.25 bits per heavy atom. The van der Waals surface area contributed by atoms with E-state index in [1.807, 2.05) is 23.6 Å². The second kappa shape index (κ2) is 6.52. The van der Waals surface area contributed by atoms with Crippen LogP contribution >= 0.6 is 11.3 Å². The molecule has 20 heavy (non-hydrogen) atoms. The smallest absolute Gasteiger partial charge is 0.230 e. The molecule has 5 heteroatoms. The second-order valence-electron chi connectivity index (χ2n) is 4.79. The zero-order chi connectivity index (χ0) is 14.5. The van der Waals surface area contributed by atoms with Crippen LogP contribution in [0.5, 0.6) is 5.75 Å². The van der Waals surface area contributed by atoms with Crippen LogP contribution in [-0.2, 0) is 11.2 Å². The first-order valence-electron chi connectivity index (χ1n) is 6.46. The van der Waals surface area contributed by atoms with Crippen molar-refractivity contribution in [3.8, 4) is 5.75 Å². The molecule has 1 N–H and O–H groups in total. The Morgan fingerprint density at radius 1 is 1.45 bits per heavy atom. The average Bonchev–Trinajstić information content (AvgIpc) is 2.91. The van der Waals surface area contributed by atoms with Gasteiger partial charge in [-0.15, -0.1) is 11.3 Å². The SMILES string of the molecule is COc1cc(C(C)C)ccc1CC(=O)Nc1nccs1. The van der Waals surface area contributed by atoms with Crippen LogP contribution in [0.2, 0.25) is 0 Å². The van der Waals surface area contributed by atoms with E-state index in [1.165, 1.54) is 16.9 Å². The van der Waals surface area contributed by atoms with E-state index in [9.17, 15) is 4.79 Å². The summed E-state index contributed by atoms with van der Waals surface area (Å²) in [6, 6.07) is 5.99. The number of rotatable bonds is 5. The van der Waals surface area contributed by atoms with Crippen molar-refractivity contribution in [2.24, 2.45) is 0 Å². The van der Waals surface area contributed by atoms with Gasteiger partial charge in [0.05, 0.1) is 13.5 Å². The number of amides is 1. The highest BCUT2D eigenvalue weighted by Crippen LogP contribution is 2.25. The van der Waals surface area contributed by atoms with Crippen LogP contribution < -0.4 is 10.1 Å². The van der Waals surface area contributed by atoms with Crippen molar-refractivity contribution in [1.29, 1.82) is 0 Å². The molecule has 0 unspecified atom stereocenters. The van der Waals surface area contributed by atoms with Crippen LogP contribution in [0.25, 0.3) is 0 Å². The van der Waals surface area contributed by atoms with Gasteiger partial charge < -0.3 is 10.1 Å². The number of methoxy groups -OCH3 is 1. The van der Waals surface area contributed by atoms with Crippen LogP contribution in [0.4, 0.5) is 5.13 Å². The maximum Gasteiger partial charge on any atom is 0.230 e. The monoisotopic (exact) mass is 290 g/mol. The fourth-order valence-electron chi connectivity index (χ4n) is 1.89. The first-order valence-corrected chi connectivity index (χ1v) is 7.34.